The van der Waals surface area contributed by atoms with Crippen molar-refractivity contribution in [3.05, 3.63) is 0 Å². The second kappa shape index (κ2) is 4.33. The summed E-state index contributed by atoms with van der Waals surface area (Å²) in [6.45, 7) is 0. The fourth-order valence-electron chi connectivity index (χ4n) is 2.01. The largest absolute Gasteiger partial charge is 0.422 e. The number of hydrogen-bond acceptors (Lipinski definition) is 2. The van der Waals surface area contributed by atoms with Crippen LogP contribution >= 0.6 is 10.7 Å². The van der Waals surface area contributed by atoms with E-state index in [9.17, 15) is 26.0 Å². The molecule has 16 heavy (non-hydrogen) atoms. The Kier molecular flexibility index (Phi) is 3.79. The average Bonchev–Trinajstić information content (AvgIpc) is 1.98. The van der Waals surface area contributed by atoms with Crippen molar-refractivity contribution >= 4 is 19.7 Å². The zero-order valence-corrected chi connectivity index (χ0v) is 9.80. The van der Waals surface area contributed by atoms with Crippen molar-refractivity contribution in [1.29, 1.82) is 0 Å². The van der Waals surface area contributed by atoms with Crippen LogP contribution < -0.4 is 0 Å². The zero-order valence-electron chi connectivity index (χ0n) is 8.23. The Labute approximate surface area is 95.4 Å². The van der Waals surface area contributed by atoms with Gasteiger partial charge in [-0.15, -0.1) is 0 Å². The van der Waals surface area contributed by atoms with E-state index in [1.807, 2.05) is 0 Å². The normalized spacial score (nSPS) is 32.7. The molecule has 0 aromatic rings. The summed E-state index contributed by atoms with van der Waals surface area (Å²) in [5.41, 5.74) is -3.27. The summed E-state index contributed by atoms with van der Waals surface area (Å²) in [4.78, 5) is 0. The summed E-state index contributed by atoms with van der Waals surface area (Å²) in [6, 6.07) is 0. The van der Waals surface area contributed by atoms with Gasteiger partial charge in [-0.1, -0.05) is 0 Å². The second-order valence-electron chi connectivity index (χ2n) is 4.13. The first-order chi connectivity index (χ1) is 7.04. The molecule has 0 spiro atoms. The van der Waals surface area contributed by atoms with E-state index in [1.54, 1.807) is 0 Å². The molecule has 1 fully saturated rings. The van der Waals surface area contributed by atoms with Crippen molar-refractivity contribution < 1.29 is 26.0 Å². The van der Waals surface area contributed by atoms with Gasteiger partial charge in [-0.05, 0) is 31.6 Å². The van der Waals surface area contributed by atoms with Gasteiger partial charge in [0.2, 0.25) is 14.7 Å². The van der Waals surface area contributed by atoms with Gasteiger partial charge in [-0.3, -0.25) is 0 Å². The number of alkyl halides is 4. The Balaban J connectivity index is 2.75. The van der Waals surface area contributed by atoms with Gasteiger partial charge < -0.3 is 0 Å². The standard InChI is InChI=1S/C8H11ClF4O2S/c9-16(14,15)5-6-2-1-3-7(10,4-6)8(11,12)13/h6H,1-5H2. The van der Waals surface area contributed by atoms with Gasteiger partial charge >= 0.3 is 6.18 Å². The maximum Gasteiger partial charge on any atom is 0.422 e. The van der Waals surface area contributed by atoms with E-state index in [1.165, 1.54) is 0 Å². The van der Waals surface area contributed by atoms with E-state index in [2.05, 4.69) is 0 Å². The molecule has 0 radical (unpaired) electrons. The molecular weight excluding hydrogens is 272 g/mol. The van der Waals surface area contributed by atoms with Crippen LogP contribution in [0.2, 0.25) is 0 Å². The molecule has 2 atom stereocenters. The Morgan fingerprint density at radius 1 is 1.38 bits per heavy atom. The first-order valence-electron chi connectivity index (χ1n) is 4.71. The van der Waals surface area contributed by atoms with Crippen LogP contribution in [0.15, 0.2) is 0 Å². The third-order valence-electron chi connectivity index (χ3n) is 2.74. The van der Waals surface area contributed by atoms with Gasteiger partial charge in [-0.25, -0.2) is 12.8 Å². The van der Waals surface area contributed by atoms with E-state index in [-0.39, 0.29) is 12.8 Å². The number of halogens is 5. The molecule has 1 saturated carbocycles. The maximum absolute atomic E-state index is 13.5. The smallest absolute Gasteiger partial charge is 0.234 e. The minimum Gasteiger partial charge on any atom is -0.234 e. The average molecular weight is 283 g/mol. The molecule has 2 nitrogen and oxygen atoms in total. The molecule has 96 valence electrons. The van der Waals surface area contributed by atoms with E-state index >= 15 is 0 Å². The van der Waals surface area contributed by atoms with Crippen LogP contribution in [0.4, 0.5) is 17.6 Å². The highest BCUT2D eigenvalue weighted by Gasteiger charge is 2.57. The molecule has 0 aromatic heterocycles. The molecule has 0 N–H and O–H groups in total. The lowest BCUT2D eigenvalue weighted by Crippen LogP contribution is -2.45. The topological polar surface area (TPSA) is 34.1 Å². The molecule has 8 heteroatoms. The minimum absolute atomic E-state index is 0.0209. The van der Waals surface area contributed by atoms with Crippen LogP contribution in [0.25, 0.3) is 0 Å². The van der Waals surface area contributed by atoms with Crippen molar-refractivity contribution in [2.45, 2.75) is 37.5 Å². The SMILES string of the molecule is O=S(=O)(Cl)CC1CCCC(F)(C(F)(F)F)C1. The Morgan fingerprint density at radius 2 is 1.94 bits per heavy atom. The Morgan fingerprint density at radius 3 is 2.38 bits per heavy atom. The van der Waals surface area contributed by atoms with Crippen LogP contribution in [-0.4, -0.2) is 26.0 Å². The maximum atomic E-state index is 13.5. The summed E-state index contributed by atoms with van der Waals surface area (Å²) in [5.74, 6) is -1.46. The third-order valence-corrected chi connectivity index (χ3v) is 3.99. The summed E-state index contributed by atoms with van der Waals surface area (Å²) in [5, 5.41) is 0. The molecule has 0 aromatic carbocycles. The van der Waals surface area contributed by atoms with Crippen LogP contribution in [0.3, 0.4) is 0 Å². The third kappa shape index (κ3) is 3.48. The van der Waals surface area contributed by atoms with Gasteiger partial charge in [0.1, 0.15) is 0 Å². The molecule has 0 amide bonds. The van der Waals surface area contributed by atoms with Crippen LogP contribution in [0.5, 0.6) is 0 Å². The van der Waals surface area contributed by atoms with Crippen molar-refractivity contribution in [3.8, 4) is 0 Å². The predicted octanol–water partition coefficient (Wildman–Crippen LogP) is 3.02. The highest BCUT2D eigenvalue weighted by Crippen LogP contribution is 2.46. The summed E-state index contributed by atoms with van der Waals surface area (Å²) in [7, 11) is 1.06. The predicted molar refractivity (Wildman–Crippen MR) is 51.5 cm³/mol. The Bertz CT molecular complexity index is 354. The fraction of sp³-hybridized carbons (Fsp3) is 1.00. The molecule has 1 aliphatic carbocycles. The lowest BCUT2D eigenvalue weighted by molar-refractivity contribution is -0.243. The highest BCUT2D eigenvalue weighted by atomic mass is 35.7. The van der Waals surface area contributed by atoms with Gasteiger partial charge in [-0.2, -0.15) is 13.2 Å². The fourth-order valence-corrected chi connectivity index (χ4v) is 3.40. The lowest BCUT2D eigenvalue weighted by Gasteiger charge is -2.35. The van der Waals surface area contributed by atoms with Crippen molar-refractivity contribution in [1.82, 2.24) is 0 Å². The van der Waals surface area contributed by atoms with E-state index < -0.39 is 45.4 Å². The quantitative estimate of drug-likeness (QED) is 0.576. The first kappa shape index (κ1) is 14.0. The second-order valence-corrected chi connectivity index (χ2v) is 6.95. The van der Waals surface area contributed by atoms with Crippen molar-refractivity contribution in [2.24, 2.45) is 5.92 Å². The van der Waals surface area contributed by atoms with Gasteiger partial charge in [0.05, 0.1) is 5.75 Å². The summed E-state index contributed by atoms with van der Waals surface area (Å²) >= 11 is 0. The molecular formula is C8H11ClF4O2S. The number of rotatable bonds is 2. The van der Waals surface area contributed by atoms with Crippen LogP contribution in [0.1, 0.15) is 25.7 Å². The summed E-state index contributed by atoms with van der Waals surface area (Å²) < 4.78 is 72.1. The molecule has 0 heterocycles. The van der Waals surface area contributed by atoms with Crippen molar-refractivity contribution in [2.75, 3.05) is 5.75 Å². The minimum atomic E-state index is -4.94. The zero-order chi connectivity index (χ0) is 12.6. The van der Waals surface area contributed by atoms with E-state index in [0.29, 0.717) is 0 Å². The molecule has 0 bridgehead atoms. The van der Waals surface area contributed by atoms with Crippen molar-refractivity contribution in [3.63, 3.8) is 0 Å². The lowest BCUT2D eigenvalue weighted by atomic mass is 9.79. The summed E-state index contributed by atoms with van der Waals surface area (Å²) in [6.07, 6.45) is -6.08. The number of hydrogen-bond donors (Lipinski definition) is 0. The van der Waals surface area contributed by atoms with E-state index in [0.717, 1.165) is 0 Å². The molecule has 2 unspecified atom stereocenters. The molecule has 0 aliphatic heterocycles. The molecule has 1 rings (SSSR count). The monoisotopic (exact) mass is 282 g/mol. The molecule has 0 saturated heterocycles. The van der Waals surface area contributed by atoms with Gasteiger partial charge in [0, 0.05) is 10.7 Å². The van der Waals surface area contributed by atoms with Gasteiger partial charge in [0.15, 0.2) is 0 Å². The van der Waals surface area contributed by atoms with Gasteiger partial charge in [0.25, 0.3) is 0 Å². The first-order valence-corrected chi connectivity index (χ1v) is 7.19. The highest BCUT2D eigenvalue weighted by molar-refractivity contribution is 8.13. The Hall–Kier alpha value is -0.0400. The molecule has 1 aliphatic rings. The van der Waals surface area contributed by atoms with Crippen LogP contribution in [-0.2, 0) is 9.05 Å². The van der Waals surface area contributed by atoms with E-state index in [4.69, 9.17) is 10.7 Å². The van der Waals surface area contributed by atoms with Crippen LogP contribution in [0, 0.1) is 5.92 Å².